The van der Waals surface area contributed by atoms with Crippen LogP contribution in [-0.2, 0) is 6.42 Å². The van der Waals surface area contributed by atoms with E-state index in [-0.39, 0.29) is 5.75 Å². The summed E-state index contributed by atoms with van der Waals surface area (Å²) in [5.74, 6) is 0.486. The van der Waals surface area contributed by atoms with Gasteiger partial charge in [0.25, 0.3) is 0 Å². The maximum Gasteiger partial charge on any atom is 0.173 e. The van der Waals surface area contributed by atoms with E-state index in [1.54, 1.807) is 12.3 Å². The third kappa shape index (κ3) is 4.08. The van der Waals surface area contributed by atoms with Crippen molar-refractivity contribution < 1.29 is 9.84 Å². The van der Waals surface area contributed by atoms with Crippen LogP contribution in [0.2, 0.25) is 0 Å². The van der Waals surface area contributed by atoms with E-state index in [1.807, 2.05) is 18.2 Å². The summed E-state index contributed by atoms with van der Waals surface area (Å²) in [7, 11) is 1.52. The number of nitrogens with zero attached hydrogens (tertiary/aromatic N) is 1. The summed E-state index contributed by atoms with van der Waals surface area (Å²) in [5, 5.41) is 9.88. The van der Waals surface area contributed by atoms with Crippen LogP contribution in [0.1, 0.15) is 11.1 Å². The largest absolute Gasteiger partial charge is 0.503 e. The van der Waals surface area contributed by atoms with Crippen LogP contribution >= 0.6 is 31.9 Å². The van der Waals surface area contributed by atoms with E-state index in [4.69, 9.17) is 4.74 Å². The van der Waals surface area contributed by atoms with Crippen LogP contribution in [0.15, 0.2) is 50.3 Å². The molecule has 0 heterocycles. The maximum atomic E-state index is 9.88. The zero-order chi connectivity index (χ0) is 15.2. The first-order valence-corrected chi connectivity index (χ1v) is 8.00. The molecule has 0 aliphatic heterocycles. The molecular formula is C16H15Br2NO2. The Balaban J connectivity index is 2.09. The molecule has 0 unspecified atom stereocenters. The molecule has 0 atom stereocenters. The summed E-state index contributed by atoms with van der Waals surface area (Å²) in [6.07, 6.45) is 2.67. The zero-order valence-corrected chi connectivity index (χ0v) is 14.7. The normalized spacial score (nSPS) is 11.0. The van der Waals surface area contributed by atoms with E-state index in [9.17, 15) is 5.11 Å². The Bertz CT molecular complexity index is 642. The lowest BCUT2D eigenvalue weighted by Crippen LogP contribution is -1.93. The smallest absolute Gasteiger partial charge is 0.173 e. The Morgan fingerprint density at radius 1 is 1.19 bits per heavy atom. The fraction of sp³-hybridized carbons (Fsp3) is 0.188. The van der Waals surface area contributed by atoms with Gasteiger partial charge >= 0.3 is 0 Å². The van der Waals surface area contributed by atoms with Crippen molar-refractivity contribution in [1.82, 2.24) is 0 Å². The highest BCUT2D eigenvalue weighted by Crippen LogP contribution is 2.41. The monoisotopic (exact) mass is 411 g/mol. The molecule has 0 radical (unpaired) electrons. The maximum absolute atomic E-state index is 9.88. The van der Waals surface area contributed by atoms with Crippen molar-refractivity contribution in [1.29, 1.82) is 0 Å². The predicted octanol–water partition coefficient (Wildman–Crippen LogP) is 4.59. The van der Waals surface area contributed by atoms with Crippen molar-refractivity contribution >= 4 is 38.1 Å². The number of halogens is 2. The van der Waals surface area contributed by atoms with Crippen LogP contribution in [0.5, 0.6) is 11.5 Å². The third-order valence-corrected chi connectivity index (χ3v) is 5.16. The molecule has 0 fully saturated rings. The average Bonchev–Trinajstić information content (AvgIpc) is 2.52. The number of aromatic hydroxyl groups is 1. The van der Waals surface area contributed by atoms with Crippen molar-refractivity contribution in [3.8, 4) is 11.5 Å². The molecule has 0 saturated heterocycles. The first-order valence-electron chi connectivity index (χ1n) is 6.42. The lowest BCUT2D eigenvalue weighted by Gasteiger charge is -2.09. The highest BCUT2D eigenvalue weighted by molar-refractivity contribution is 9.13. The van der Waals surface area contributed by atoms with E-state index in [2.05, 4.69) is 49.0 Å². The molecule has 21 heavy (non-hydrogen) atoms. The highest BCUT2D eigenvalue weighted by atomic mass is 79.9. The zero-order valence-electron chi connectivity index (χ0n) is 11.5. The highest BCUT2D eigenvalue weighted by Gasteiger charge is 2.13. The molecule has 110 valence electrons. The summed E-state index contributed by atoms with van der Waals surface area (Å²) < 4.78 is 6.45. The lowest BCUT2D eigenvalue weighted by molar-refractivity contribution is 0.371. The van der Waals surface area contributed by atoms with E-state index in [1.165, 1.54) is 12.7 Å². The number of methoxy groups -OCH3 is 1. The van der Waals surface area contributed by atoms with Gasteiger partial charge in [-0.1, -0.05) is 30.3 Å². The fourth-order valence-corrected chi connectivity index (χ4v) is 2.69. The second kappa shape index (κ2) is 7.61. The number of phenolic OH excluding ortho intramolecular Hbond substituents is 1. The van der Waals surface area contributed by atoms with Crippen LogP contribution in [0.4, 0.5) is 0 Å². The van der Waals surface area contributed by atoms with Gasteiger partial charge in [0.1, 0.15) is 0 Å². The van der Waals surface area contributed by atoms with Gasteiger partial charge in [-0.2, -0.15) is 0 Å². The quantitative estimate of drug-likeness (QED) is 0.729. The number of hydrogen-bond acceptors (Lipinski definition) is 3. The minimum atomic E-state index is 0.0748. The van der Waals surface area contributed by atoms with E-state index < -0.39 is 0 Å². The molecule has 5 heteroatoms. The molecule has 0 aliphatic carbocycles. The van der Waals surface area contributed by atoms with Crippen molar-refractivity contribution in [2.75, 3.05) is 13.7 Å². The van der Waals surface area contributed by atoms with Gasteiger partial charge in [-0.3, -0.25) is 4.99 Å². The van der Waals surface area contributed by atoms with Gasteiger partial charge in [0.15, 0.2) is 11.5 Å². The first-order chi connectivity index (χ1) is 10.1. The minimum Gasteiger partial charge on any atom is -0.503 e. The molecule has 2 aromatic carbocycles. The Morgan fingerprint density at radius 2 is 1.90 bits per heavy atom. The average molecular weight is 413 g/mol. The summed E-state index contributed by atoms with van der Waals surface area (Å²) in [6.45, 7) is 0.706. The van der Waals surface area contributed by atoms with Gasteiger partial charge < -0.3 is 9.84 Å². The summed E-state index contributed by atoms with van der Waals surface area (Å²) in [6, 6.07) is 12.0. The fourth-order valence-electron chi connectivity index (χ4n) is 1.86. The number of phenols is 1. The van der Waals surface area contributed by atoms with E-state index in [0.29, 0.717) is 16.8 Å². The first kappa shape index (κ1) is 16.0. The van der Waals surface area contributed by atoms with Gasteiger partial charge in [0.2, 0.25) is 0 Å². The van der Waals surface area contributed by atoms with Gasteiger partial charge in [0.05, 0.1) is 11.6 Å². The topological polar surface area (TPSA) is 41.8 Å². The number of rotatable bonds is 5. The minimum absolute atomic E-state index is 0.0748. The Morgan fingerprint density at radius 3 is 2.57 bits per heavy atom. The van der Waals surface area contributed by atoms with Gasteiger partial charge in [-0.15, -0.1) is 0 Å². The molecule has 0 spiro atoms. The SMILES string of the molecule is COc1cc(C=NCCc2ccccc2)c(Br)c(Br)c1O. The molecule has 0 aliphatic rings. The molecule has 0 bridgehead atoms. The van der Waals surface area contributed by atoms with Crippen LogP contribution < -0.4 is 4.74 Å². The third-order valence-electron chi connectivity index (χ3n) is 3.00. The van der Waals surface area contributed by atoms with Gasteiger partial charge in [0, 0.05) is 22.8 Å². The molecule has 2 rings (SSSR count). The van der Waals surface area contributed by atoms with Gasteiger partial charge in [-0.05, 0) is 49.9 Å². The number of aliphatic imine (C=N–C) groups is 1. The van der Waals surface area contributed by atoms with E-state index in [0.717, 1.165) is 16.5 Å². The second-order valence-electron chi connectivity index (χ2n) is 4.42. The summed E-state index contributed by atoms with van der Waals surface area (Å²) in [4.78, 5) is 4.43. The molecular weight excluding hydrogens is 398 g/mol. The van der Waals surface area contributed by atoms with Crippen LogP contribution in [-0.4, -0.2) is 25.0 Å². The molecule has 0 amide bonds. The molecule has 2 aromatic rings. The predicted molar refractivity (Wildman–Crippen MR) is 92.7 cm³/mol. The van der Waals surface area contributed by atoms with E-state index >= 15 is 0 Å². The summed E-state index contributed by atoms with van der Waals surface area (Å²) >= 11 is 6.77. The van der Waals surface area contributed by atoms with Crippen molar-refractivity contribution in [3.63, 3.8) is 0 Å². The second-order valence-corrected chi connectivity index (χ2v) is 6.00. The van der Waals surface area contributed by atoms with Gasteiger partial charge in [-0.25, -0.2) is 0 Å². The standard InChI is InChI=1S/C16H15Br2NO2/c1-21-13-9-12(14(17)15(18)16(13)20)10-19-8-7-11-5-3-2-4-6-11/h2-6,9-10,20H,7-8H2,1H3. The van der Waals surface area contributed by atoms with Crippen LogP contribution in [0.3, 0.4) is 0 Å². The van der Waals surface area contributed by atoms with Crippen molar-refractivity contribution in [2.24, 2.45) is 4.99 Å². The van der Waals surface area contributed by atoms with Crippen LogP contribution in [0, 0.1) is 0 Å². The van der Waals surface area contributed by atoms with Crippen molar-refractivity contribution in [2.45, 2.75) is 6.42 Å². The molecule has 1 N–H and O–H groups in total. The molecule has 3 nitrogen and oxygen atoms in total. The molecule has 0 aromatic heterocycles. The lowest BCUT2D eigenvalue weighted by atomic mass is 10.1. The Labute approximate surface area is 140 Å². The Kier molecular flexibility index (Phi) is 5.82. The number of benzene rings is 2. The molecule has 0 saturated carbocycles. The number of hydrogen-bond donors (Lipinski definition) is 1. The number of ether oxygens (including phenoxy) is 1. The Hall–Kier alpha value is -1.33. The summed E-state index contributed by atoms with van der Waals surface area (Å²) in [5.41, 5.74) is 2.11. The van der Waals surface area contributed by atoms with Crippen molar-refractivity contribution in [3.05, 3.63) is 56.5 Å². The van der Waals surface area contributed by atoms with Crippen LogP contribution in [0.25, 0.3) is 0 Å².